The molecule has 0 aromatic heterocycles. The Morgan fingerprint density at radius 2 is 1.85 bits per heavy atom. The number of aryl methyl sites for hydroxylation is 2. The summed E-state index contributed by atoms with van der Waals surface area (Å²) >= 11 is 0. The second-order valence-corrected chi connectivity index (χ2v) is 7.62. The maximum Gasteiger partial charge on any atom is 0.315 e. The molecule has 0 unspecified atom stereocenters. The number of rotatable bonds is 6. The Morgan fingerprint density at radius 3 is 2.59 bits per heavy atom. The first-order chi connectivity index (χ1) is 13.1. The summed E-state index contributed by atoms with van der Waals surface area (Å²) in [5.41, 5.74) is 5.28. The van der Waals surface area contributed by atoms with Crippen LogP contribution < -0.4 is 10.6 Å². The molecule has 1 aliphatic heterocycles. The van der Waals surface area contributed by atoms with E-state index in [4.69, 9.17) is 0 Å². The van der Waals surface area contributed by atoms with E-state index >= 15 is 0 Å². The number of carbonyl (C=O) groups is 1. The average Bonchev–Trinajstić information content (AvgIpc) is 2.65. The summed E-state index contributed by atoms with van der Waals surface area (Å²) in [4.78, 5) is 14.6. The maximum atomic E-state index is 12.1. The molecule has 3 rings (SSSR count). The molecular weight excluding hydrogens is 334 g/mol. The molecule has 2 aromatic rings. The average molecular weight is 366 g/mol. The van der Waals surface area contributed by atoms with Crippen molar-refractivity contribution in [3.63, 3.8) is 0 Å². The summed E-state index contributed by atoms with van der Waals surface area (Å²) in [5.74, 6) is 0. The molecule has 0 radical (unpaired) electrons. The summed E-state index contributed by atoms with van der Waals surface area (Å²) in [7, 11) is 0. The molecule has 0 atom stereocenters. The third-order valence-electron chi connectivity index (χ3n) is 5.36. The molecule has 1 fully saturated rings. The van der Waals surface area contributed by atoms with Gasteiger partial charge in [-0.25, -0.2) is 4.79 Å². The SMILES string of the molecule is Cc1cccc(CCNC(=O)NC2CCN(Cc3ccccc3C)CC2)c1. The summed E-state index contributed by atoms with van der Waals surface area (Å²) in [6, 6.07) is 17.2. The van der Waals surface area contributed by atoms with Crippen LogP contribution in [-0.4, -0.2) is 36.6 Å². The Hall–Kier alpha value is -2.33. The van der Waals surface area contributed by atoms with Gasteiger partial charge in [0.2, 0.25) is 0 Å². The fraction of sp³-hybridized carbons (Fsp3) is 0.435. The van der Waals surface area contributed by atoms with Gasteiger partial charge in [0.05, 0.1) is 0 Å². The Balaban J connectivity index is 1.35. The lowest BCUT2D eigenvalue weighted by atomic mass is 10.0. The van der Waals surface area contributed by atoms with Crippen LogP contribution in [0, 0.1) is 13.8 Å². The molecule has 1 aliphatic rings. The van der Waals surface area contributed by atoms with Crippen molar-refractivity contribution >= 4 is 6.03 Å². The Morgan fingerprint density at radius 1 is 1.07 bits per heavy atom. The minimum Gasteiger partial charge on any atom is -0.338 e. The molecule has 2 N–H and O–H groups in total. The molecule has 4 nitrogen and oxygen atoms in total. The first-order valence-corrected chi connectivity index (χ1v) is 9.97. The van der Waals surface area contributed by atoms with Crippen LogP contribution in [-0.2, 0) is 13.0 Å². The molecule has 1 heterocycles. The molecule has 0 spiro atoms. The zero-order valence-corrected chi connectivity index (χ0v) is 16.5. The van der Waals surface area contributed by atoms with Gasteiger partial charge in [-0.1, -0.05) is 54.1 Å². The number of hydrogen-bond donors (Lipinski definition) is 2. The van der Waals surface area contributed by atoms with E-state index in [0.29, 0.717) is 6.54 Å². The standard InChI is InChI=1S/C23H31N3O/c1-18-6-5-8-20(16-18)10-13-24-23(27)25-22-11-14-26(15-12-22)17-21-9-4-3-7-19(21)2/h3-9,16,22H,10-15,17H2,1-2H3,(H2,24,25,27). The van der Waals surface area contributed by atoms with E-state index in [2.05, 4.69) is 77.9 Å². The lowest BCUT2D eigenvalue weighted by Crippen LogP contribution is -2.48. The smallest absolute Gasteiger partial charge is 0.315 e. The van der Waals surface area contributed by atoms with E-state index in [1.807, 2.05) is 0 Å². The highest BCUT2D eigenvalue weighted by atomic mass is 16.2. The van der Waals surface area contributed by atoms with Crippen molar-refractivity contribution in [1.82, 2.24) is 15.5 Å². The lowest BCUT2D eigenvalue weighted by Gasteiger charge is -2.32. The van der Waals surface area contributed by atoms with Gasteiger partial charge < -0.3 is 10.6 Å². The van der Waals surface area contributed by atoms with Crippen molar-refractivity contribution < 1.29 is 4.79 Å². The number of nitrogens with one attached hydrogen (secondary N) is 2. The van der Waals surface area contributed by atoms with Gasteiger partial charge in [0.25, 0.3) is 0 Å². The van der Waals surface area contributed by atoms with Gasteiger partial charge in [-0.15, -0.1) is 0 Å². The van der Waals surface area contributed by atoms with Crippen molar-refractivity contribution in [2.24, 2.45) is 0 Å². The fourth-order valence-electron chi connectivity index (χ4n) is 3.69. The van der Waals surface area contributed by atoms with Gasteiger partial charge in [-0.3, -0.25) is 4.90 Å². The van der Waals surface area contributed by atoms with E-state index < -0.39 is 0 Å². The zero-order chi connectivity index (χ0) is 19.1. The summed E-state index contributed by atoms with van der Waals surface area (Å²) in [6.07, 6.45) is 2.89. The van der Waals surface area contributed by atoms with E-state index in [1.54, 1.807) is 0 Å². The van der Waals surface area contributed by atoms with Crippen LogP contribution in [0.25, 0.3) is 0 Å². The second kappa shape index (κ2) is 9.56. The first kappa shape index (κ1) is 19.4. The first-order valence-electron chi connectivity index (χ1n) is 9.97. The minimum atomic E-state index is -0.0417. The van der Waals surface area contributed by atoms with E-state index in [1.165, 1.54) is 22.3 Å². The number of benzene rings is 2. The van der Waals surface area contributed by atoms with E-state index in [0.717, 1.165) is 38.9 Å². The third kappa shape index (κ3) is 6.10. The van der Waals surface area contributed by atoms with Crippen molar-refractivity contribution in [2.45, 2.75) is 45.7 Å². The van der Waals surface area contributed by atoms with Gasteiger partial charge in [0.1, 0.15) is 0 Å². The fourth-order valence-corrected chi connectivity index (χ4v) is 3.69. The predicted octanol–water partition coefficient (Wildman–Crippen LogP) is 3.81. The van der Waals surface area contributed by atoms with Crippen molar-refractivity contribution in [1.29, 1.82) is 0 Å². The monoisotopic (exact) mass is 365 g/mol. The quantitative estimate of drug-likeness (QED) is 0.818. The Bertz CT molecular complexity index is 751. The highest BCUT2D eigenvalue weighted by molar-refractivity contribution is 5.74. The van der Waals surface area contributed by atoms with Crippen LogP contribution in [0.4, 0.5) is 4.79 Å². The summed E-state index contributed by atoms with van der Waals surface area (Å²) in [5, 5.41) is 6.13. The molecule has 1 saturated heterocycles. The van der Waals surface area contributed by atoms with Crippen LogP contribution >= 0.6 is 0 Å². The number of nitrogens with zero attached hydrogens (tertiary/aromatic N) is 1. The number of hydrogen-bond acceptors (Lipinski definition) is 2. The Kier molecular flexibility index (Phi) is 6.88. The normalized spacial score (nSPS) is 15.5. The van der Waals surface area contributed by atoms with Crippen molar-refractivity contribution in [2.75, 3.05) is 19.6 Å². The molecular formula is C23H31N3O. The summed E-state index contributed by atoms with van der Waals surface area (Å²) < 4.78 is 0. The van der Waals surface area contributed by atoms with Gasteiger partial charge >= 0.3 is 6.03 Å². The molecule has 0 aliphatic carbocycles. The number of urea groups is 1. The van der Waals surface area contributed by atoms with Gasteiger partial charge in [0.15, 0.2) is 0 Å². The Labute approximate surface area is 163 Å². The molecule has 2 amide bonds. The predicted molar refractivity (Wildman–Crippen MR) is 111 cm³/mol. The van der Waals surface area contributed by atoms with Gasteiger partial charge in [-0.2, -0.15) is 0 Å². The summed E-state index contributed by atoms with van der Waals surface area (Å²) in [6.45, 7) is 7.99. The minimum absolute atomic E-state index is 0.0417. The van der Waals surface area contributed by atoms with E-state index in [-0.39, 0.29) is 12.1 Å². The molecule has 0 bridgehead atoms. The number of piperidine rings is 1. The van der Waals surface area contributed by atoms with Crippen LogP contribution in [0.3, 0.4) is 0 Å². The highest BCUT2D eigenvalue weighted by Gasteiger charge is 2.20. The molecule has 2 aromatic carbocycles. The second-order valence-electron chi connectivity index (χ2n) is 7.62. The topological polar surface area (TPSA) is 44.4 Å². The zero-order valence-electron chi connectivity index (χ0n) is 16.5. The molecule has 4 heteroatoms. The van der Waals surface area contributed by atoms with Crippen LogP contribution in [0.15, 0.2) is 48.5 Å². The van der Waals surface area contributed by atoms with Crippen molar-refractivity contribution in [3.05, 3.63) is 70.8 Å². The van der Waals surface area contributed by atoms with Crippen LogP contribution in [0.1, 0.15) is 35.1 Å². The van der Waals surface area contributed by atoms with Crippen LogP contribution in [0.2, 0.25) is 0 Å². The maximum absolute atomic E-state index is 12.1. The lowest BCUT2D eigenvalue weighted by molar-refractivity contribution is 0.186. The van der Waals surface area contributed by atoms with Crippen LogP contribution in [0.5, 0.6) is 0 Å². The van der Waals surface area contributed by atoms with Crippen molar-refractivity contribution in [3.8, 4) is 0 Å². The van der Waals surface area contributed by atoms with Gasteiger partial charge in [0, 0.05) is 32.2 Å². The molecule has 0 saturated carbocycles. The number of likely N-dealkylation sites (tertiary alicyclic amines) is 1. The molecule has 27 heavy (non-hydrogen) atoms. The number of carbonyl (C=O) groups excluding carboxylic acids is 1. The largest absolute Gasteiger partial charge is 0.338 e. The third-order valence-corrected chi connectivity index (χ3v) is 5.36. The highest BCUT2D eigenvalue weighted by Crippen LogP contribution is 2.16. The van der Waals surface area contributed by atoms with Gasteiger partial charge in [-0.05, 0) is 49.8 Å². The number of amides is 2. The molecule has 144 valence electrons. The van der Waals surface area contributed by atoms with E-state index in [9.17, 15) is 4.79 Å².